The monoisotopic (exact) mass is 557 g/mol. The van der Waals surface area contributed by atoms with Gasteiger partial charge in [0, 0.05) is 11.6 Å². The maximum Gasteiger partial charge on any atom is 0.253 e. The number of carbonyl (C=O) groups excluding carboxylic acids is 1. The van der Waals surface area contributed by atoms with Gasteiger partial charge in [0.25, 0.3) is 5.91 Å². The molecule has 0 aliphatic rings. The zero-order valence-electron chi connectivity index (χ0n) is 22.7. The summed E-state index contributed by atoms with van der Waals surface area (Å²) in [6.45, 7) is 4.43. The number of ether oxygens (including phenoxy) is 1. The average Bonchev–Trinajstić information content (AvgIpc) is 3.45. The van der Waals surface area contributed by atoms with Gasteiger partial charge in [-0.1, -0.05) is 47.5 Å². The van der Waals surface area contributed by atoms with Gasteiger partial charge in [0.2, 0.25) is 0 Å². The van der Waals surface area contributed by atoms with Crippen molar-refractivity contribution in [2.75, 3.05) is 13.7 Å². The summed E-state index contributed by atoms with van der Waals surface area (Å²) in [6.07, 6.45) is 0.310. The van der Waals surface area contributed by atoms with E-state index >= 15 is 0 Å². The van der Waals surface area contributed by atoms with Gasteiger partial charge in [-0.25, -0.2) is 0 Å². The van der Waals surface area contributed by atoms with Crippen LogP contribution in [0.2, 0.25) is 5.02 Å². The quantitative estimate of drug-likeness (QED) is 0.210. The summed E-state index contributed by atoms with van der Waals surface area (Å²) in [6, 6.07) is 24.0. The second kappa shape index (κ2) is 13.3. The highest BCUT2D eigenvalue weighted by Crippen LogP contribution is 2.28. The summed E-state index contributed by atoms with van der Waals surface area (Å²) in [7, 11) is 1.51. The van der Waals surface area contributed by atoms with Crippen molar-refractivity contribution in [1.82, 2.24) is 10.6 Å². The number of aryl methyl sites for hydroxylation is 1. The van der Waals surface area contributed by atoms with E-state index in [9.17, 15) is 9.90 Å². The molecule has 0 spiro atoms. The number of hydrogen-bond acceptors (Lipinski definition) is 6. The lowest BCUT2D eigenvalue weighted by atomic mass is 10.0. The number of nitriles is 1. The Balaban J connectivity index is 1.43. The summed E-state index contributed by atoms with van der Waals surface area (Å²) < 4.78 is 11.4. The molecule has 0 radical (unpaired) electrons. The second-order valence-electron chi connectivity index (χ2n) is 9.67. The molecule has 0 fully saturated rings. The molecule has 0 aliphatic carbocycles. The maximum absolute atomic E-state index is 13.2. The van der Waals surface area contributed by atoms with Crippen LogP contribution in [-0.4, -0.2) is 30.8 Å². The second-order valence-corrected chi connectivity index (χ2v) is 10.1. The van der Waals surface area contributed by atoms with Gasteiger partial charge in [-0.15, -0.1) is 0 Å². The van der Waals surface area contributed by atoms with Crippen LogP contribution in [0.25, 0.3) is 11.3 Å². The van der Waals surface area contributed by atoms with Crippen LogP contribution >= 0.6 is 11.6 Å². The van der Waals surface area contributed by atoms with Crippen molar-refractivity contribution in [3.8, 4) is 23.1 Å². The van der Waals surface area contributed by atoms with Crippen LogP contribution in [0, 0.1) is 18.3 Å². The Labute approximate surface area is 239 Å². The highest BCUT2D eigenvalue weighted by molar-refractivity contribution is 6.34. The number of carbonyl (C=O) groups is 1. The van der Waals surface area contributed by atoms with Crippen molar-refractivity contribution >= 4 is 17.5 Å². The average molecular weight is 558 g/mol. The van der Waals surface area contributed by atoms with E-state index in [1.54, 1.807) is 36.4 Å². The zero-order valence-corrected chi connectivity index (χ0v) is 23.5. The third-order valence-corrected chi connectivity index (χ3v) is 7.08. The smallest absolute Gasteiger partial charge is 0.253 e. The number of aliphatic hydroxyl groups is 1. The van der Waals surface area contributed by atoms with E-state index in [1.807, 2.05) is 12.1 Å². The van der Waals surface area contributed by atoms with Crippen molar-refractivity contribution in [3.05, 3.63) is 111 Å². The minimum absolute atomic E-state index is 0.156. The summed E-state index contributed by atoms with van der Waals surface area (Å²) >= 11 is 6.39. The van der Waals surface area contributed by atoms with E-state index in [1.165, 1.54) is 18.2 Å². The van der Waals surface area contributed by atoms with Gasteiger partial charge in [-0.2, -0.15) is 5.26 Å². The van der Waals surface area contributed by atoms with Crippen LogP contribution in [0.3, 0.4) is 0 Å². The van der Waals surface area contributed by atoms with Crippen molar-refractivity contribution in [1.29, 1.82) is 5.26 Å². The largest absolute Gasteiger partial charge is 0.496 e. The molecule has 1 amide bonds. The fourth-order valence-electron chi connectivity index (χ4n) is 4.38. The Morgan fingerprint density at radius 1 is 1.10 bits per heavy atom. The Morgan fingerprint density at radius 3 is 2.58 bits per heavy atom. The SMILES string of the molecule is COc1cc(C#N)ccc1CC(CO)NC(=O)c1cc(-c2ccc(CNC(C)c3ccc(C)cc3)o2)ccc1Cl. The van der Waals surface area contributed by atoms with Crippen LogP contribution < -0.4 is 15.4 Å². The maximum atomic E-state index is 13.2. The van der Waals surface area contributed by atoms with Crippen molar-refractivity contribution in [2.45, 2.75) is 38.9 Å². The van der Waals surface area contributed by atoms with Crippen molar-refractivity contribution in [2.24, 2.45) is 0 Å². The molecule has 1 aromatic heterocycles. The first-order chi connectivity index (χ1) is 19.3. The summed E-state index contributed by atoms with van der Waals surface area (Å²) in [5, 5.41) is 25.7. The van der Waals surface area contributed by atoms with Crippen LogP contribution in [0.1, 0.15) is 51.3 Å². The molecule has 3 aromatic carbocycles. The molecule has 2 unspecified atom stereocenters. The van der Waals surface area contributed by atoms with Gasteiger partial charge >= 0.3 is 0 Å². The molecule has 40 heavy (non-hydrogen) atoms. The van der Waals surface area contributed by atoms with E-state index in [0.717, 1.165) is 11.3 Å². The number of amides is 1. The molecule has 4 rings (SSSR count). The van der Waals surface area contributed by atoms with Gasteiger partial charge in [0.05, 0.1) is 48.5 Å². The molecule has 206 valence electrons. The number of furan rings is 1. The molecular formula is C32H32ClN3O4. The Bertz CT molecular complexity index is 1510. The lowest BCUT2D eigenvalue weighted by Crippen LogP contribution is -2.39. The summed E-state index contributed by atoms with van der Waals surface area (Å²) in [5.74, 6) is 1.49. The summed E-state index contributed by atoms with van der Waals surface area (Å²) in [5.41, 5.74) is 4.63. The van der Waals surface area contributed by atoms with Crippen LogP contribution in [0.5, 0.6) is 5.75 Å². The lowest BCUT2D eigenvalue weighted by molar-refractivity contribution is 0.0916. The van der Waals surface area contributed by atoms with Crippen molar-refractivity contribution in [3.63, 3.8) is 0 Å². The highest BCUT2D eigenvalue weighted by atomic mass is 35.5. The fraction of sp³-hybridized carbons (Fsp3) is 0.250. The number of nitrogens with zero attached hydrogens (tertiary/aromatic N) is 1. The Kier molecular flexibility index (Phi) is 9.62. The van der Waals surface area contributed by atoms with Gasteiger partial charge in [0.15, 0.2) is 0 Å². The topological polar surface area (TPSA) is 108 Å². The molecule has 1 heterocycles. The predicted octanol–water partition coefficient (Wildman–Crippen LogP) is 5.97. The molecule has 0 saturated heterocycles. The number of halogens is 1. The lowest BCUT2D eigenvalue weighted by Gasteiger charge is -2.19. The van der Waals surface area contributed by atoms with Gasteiger partial charge in [0.1, 0.15) is 17.3 Å². The van der Waals surface area contributed by atoms with E-state index in [4.69, 9.17) is 26.0 Å². The fourth-order valence-corrected chi connectivity index (χ4v) is 4.58. The van der Waals surface area contributed by atoms with E-state index in [-0.39, 0.29) is 23.2 Å². The Morgan fingerprint density at radius 2 is 1.88 bits per heavy atom. The molecule has 0 aliphatic heterocycles. The van der Waals surface area contributed by atoms with Crippen LogP contribution in [0.15, 0.2) is 77.2 Å². The Hall–Kier alpha value is -4.09. The molecular weight excluding hydrogens is 526 g/mol. The number of rotatable bonds is 11. The first-order valence-corrected chi connectivity index (χ1v) is 13.4. The highest BCUT2D eigenvalue weighted by Gasteiger charge is 2.19. The molecule has 0 bridgehead atoms. The number of hydrogen-bond donors (Lipinski definition) is 3. The first-order valence-electron chi connectivity index (χ1n) is 13.0. The molecule has 3 N–H and O–H groups in total. The molecule has 7 nitrogen and oxygen atoms in total. The van der Waals surface area contributed by atoms with Gasteiger partial charge in [-0.05, 0) is 73.9 Å². The standard InChI is InChI=1S/C32H32ClN3O4/c1-20-4-7-23(8-5-20)21(2)35-18-27-11-13-30(40-27)25-10-12-29(33)28(16-25)32(38)36-26(19-37)15-24-9-6-22(17-34)14-31(24)39-3/h4-14,16,21,26,35,37H,15,18-19H2,1-3H3,(H,36,38). The van der Waals surface area contributed by atoms with E-state index in [0.29, 0.717) is 35.6 Å². The third-order valence-electron chi connectivity index (χ3n) is 6.76. The number of nitrogens with one attached hydrogen (secondary N) is 2. The van der Waals surface area contributed by atoms with Gasteiger partial charge < -0.3 is 24.9 Å². The first kappa shape index (κ1) is 28.9. The number of aliphatic hydroxyl groups excluding tert-OH is 1. The van der Waals surface area contributed by atoms with E-state index in [2.05, 4.69) is 54.8 Å². The minimum Gasteiger partial charge on any atom is -0.496 e. The number of methoxy groups -OCH3 is 1. The van der Waals surface area contributed by atoms with Crippen LogP contribution in [0.4, 0.5) is 0 Å². The third kappa shape index (κ3) is 7.10. The summed E-state index contributed by atoms with van der Waals surface area (Å²) in [4.78, 5) is 13.2. The predicted molar refractivity (Wildman–Crippen MR) is 155 cm³/mol. The minimum atomic E-state index is -0.592. The van der Waals surface area contributed by atoms with Crippen molar-refractivity contribution < 1.29 is 19.1 Å². The normalized spacial score (nSPS) is 12.4. The molecule has 2 atom stereocenters. The van der Waals surface area contributed by atoms with Gasteiger partial charge in [-0.3, -0.25) is 4.79 Å². The van der Waals surface area contributed by atoms with E-state index < -0.39 is 11.9 Å². The van der Waals surface area contributed by atoms with Crippen LogP contribution in [-0.2, 0) is 13.0 Å². The molecule has 4 aromatic rings. The molecule has 0 saturated carbocycles. The zero-order chi connectivity index (χ0) is 28.6. The molecule has 8 heteroatoms. The number of benzene rings is 3.